The molecule has 0 heterocycles. The van der Waals surface area contributed by atoms with E-state index >= 15 is 0 Å². The summed E-state index contributed by atoms with van der Waals surface area (Å²) < 4.78 is 0. The topological polar surface area (TPSA) is 263 Å². The third-order valence-corrected chi connectivity index (χ3v) is 3.50. The number of amides is 5. The number of carboxylic acid groups (broad SMARTS) is 1. The Balaban J connectivity index is 5.15. The number of rotatable bonds is 13. The van der Waals surface area contributed by atoms with Crippen LogP contribution in [0.1, 0.15) is 13.3 Å². The molecule has 11 N–H and O–H groups in total. The minimum atomic E-state index is -1.64. The number of hydrogen-bond acceptors (Lipinski definition) is 9. The molecule has 0 saturated carbocycles. The van der Waals surface area contributed by atoms with E-state index in [0.717, 1.165) is 0 Å². The predicted octanol–water partition coefficient (Wildman–Crippen LogP) is -6.15. The van der Waals surface area contributed by atoms with Crippen LogP contribution in [0.25, 0.3) is 0 Å². The Morgan fingerprint density at radius 3 is 1.60 bits per heavy atom. The predicted molar refractivity (Wildman–Crippen MR) is 98.1 cm³/mol. The normalized spacial score (nSPS) is 14.4. The van der Waals surface area contributed by atoms with Crippen molar-refractivity contribution in [2.24, 2.45) is 11.5 Å². The van der Waals surface area contributed by atoms with Crippen LogP contribution < -0.4 is 32.7 Å². The van der Waals surface area contributed by atoms with E-state index in [-0.39, 0.29) is 0 Å². The van der Waals surface area contributed by atoms with E-state index in [2.05, 4.69) is 16.0 Å². The number of aliphatic hydroxyl groups excluding tert-OH is 2. The fourth-order valence-electron chi connectivity index (χ4n) is 1.93. The fourth-order valence-corrected chi connectivity index (χ4v) is 1.93. The van der Waals surface area contributed by atoms with Crippen molar-refractivity contribution in [1.82, 2.24) is 21.3 Å². The van der Waals surface area contributed by atoms with Crippen LogP contribution in [0.15, 0.2) is 0 Å². The number of nitrogens with two attached hydrogens (primary N) is 2. The molecule has 0 rings (SSSR count). The van der Waals surface area contributed by atoms with Gasteiger partial charge in [-0.2, -0.15) is 0 Å². The zero-order chi connectivity index (χ0) is 23.4. The van der Waals surface area contributed by atoms with Crippen LogP contribution in [0.2, 0.25) is 0 Å². The van der Waals surface area contributed by atoms with Gasteiger partial charge in [0.2, 0.25) is 29.5 Å². The second kappa shape index (κ2) is 13.0. The van der Waals surface area contributed by atoms with E-state index in [1.165, 1.54) is 6.92 Å². The summed E-state index contributed by atoms with van der Waals surface area (Å²) in [6.45, 7) is -1.25. The van der Waals surface area contributed by atoms with Gasteiger partial charge < -0.3 is 48.1 Å². The minimum absolute atomic E-state index is 0.688. The molecule has 0 aliphatic carbocycles. The molecule has 0 bridgehead atoms. The number of primary amides is 1. The van der Waals surface area contributed by atoms with Gasteiger partial charge in [0.05, 0.1) is 25.7 Å². The molecule has 170 valence electrons. The van der Waals surface area contributed by atoms with Crippen molar-refractivity contribution in [2.75, 3.05) is 19.8 Å². The van der Waals surface area contributed by atoms with Gasteiger partial charge in [0.25, 0.3) is 0 Å². The molecule has 0 aromatic rings. The van der Waals surface area contributed by atoms with E-state index < -0.39 is 85.9 Å². The first-order valence-electron chi connectivity index (χ1n) is 8.59. The molecule has 15 heteroatoms. The maximum absolute atomic E-state index is 12.3. The highest BCUT2D eigenvalue weighted by molar-refractivity contribution is 5.96. The van der Waals surface area contributed by atoms with Gasteiger partial charge in [-0.25, -0.2) is 0 Å². The summed E-state index contributed by atoms with van der Waals surface area (Å²) in [4.78, 5) is 69.6. The quantitative estimate of drug-likeness (QED) is 0.132. The number of hydrogen-bond donors (Lipinski definition) is 9. The van der Waals surface area contributed by atoms with Gasteiger partial charge in [0, 0.05) is 0 Å². The molecule has 0 fully saturated rings. The lowest BCUT2D eigenvalue weighted by atomic mass is 10.1. The molecule has 0 aliphatic heterocycles. The average Bonchev–Trinajstić information content (AvgIpc) is 2.66. The van der Waals surface area contributed by atoms with Crippen molar-refractivity contribution in [3.63, 3.8) is 0 Å². The van der Waals surface area contributed by atoms with Crippen LogP contribution >= 0.6 is 0 Å². The molecule has 0 unspecified atom stereocenters. The summed E-state index contributed by atoms with van der Waals surface area (Å²) in [5.74, 6) is -6.32. The van der Waals surface area contributed by atoms with Gasteiger partial charge in [-0.1, -0.05) is 0 Å². The van der Waals surface area contributed by atoms with Crippen molar-refractivity contribution in [3.05, 3.63) is 0 Å². The highest BCUT2D eigenvalue weighted by Crippen LogP contribution is 1.96. The van der Waals surface area contributed by atoms with Gasteiger partial charge in [0.15, 0.2) is 0 Å². The van der Waals surface area contributed by atoms with E-state index in [4.69, 9.17) is 16.6 Å². The van der Waals surface area contributed by atoms with Crippen LogP contribution in [-0.2, 0) is 28.8 Å². The first-order chi connectivity index (χ1) is 13.9. The van der Waals surface area contributed by atoms with Gasteiger partial charge in [0.1, 0.15) is 24.7 Å². The first-order valence-corrected chi connectivity index (χ1v) is 8.59. The summed E-state index contributed by atoms with van der Waals surface area (Å²) >= 11 is 0. The number of carboxylic acids is 1. The smallest absolute Gasteiger partial charge is 0.322 e. The molecule has 4 atom stereocenters. The summed E-state index contributed by atoms with van der Waals surface area (Å²) in [5, 5.41) is 35.4. The maximum Gasteiger partial charge on any atom is 0.322 e. The Kier molecular flexibility index (Phi) is 11.6. The van der Waals surface area contributed by atoms with Crippen molar-refractivity contribution >= 4 is 35.5 Å². The highest BCUT2D eigenvalue weighted by Gasteiger charge is 2.30. The Hall–Kier alpha value is -3.30. The lowest BCUT2D eigenvalue weighted by Gasteiger charge is -2.23. The molecule has 30 heavy (non-hydrogen) atoms. The Morgan fingerprint density at radius 1 is 0.800 bits per heavy atom. The summed E-state index contributed by atoms with van der Waals surface area (Å²) in [5.41, 5.74) is 10.3. The van der Waals surface area contributed by atoms with Crippen LogP contribution in [-0.4, -0.2) is 94.8 Å². The van der Waals surface area contributed by atoms with E-state index in [1.54, 1.807) is 0 Å². The second-order valence-corrected chi connectivity index (χ2v) is 6.12. The van der Waals surface area contributed by atoms with Gasteiger partial charge in [-0.05, 0) is 6.92 Å². The maximum atomic E-state index is 12.3. The van der Waals surface area contributed by atoms with Crippen LogP contribution in [0, 0.1) is 0 Å². The SMILES string of the molecule is C[C@H](N)C(=O)N[C@@H](CO)C(=O)N[C@@H](CO)C(=O)N[C@@H](CC(N)=O)C(=O)NCC(=O)O. The second-order valence-electron chi connectivity index (χ2n) is 6.12. The number of aliphatic carboxylic acids is 1. The molecule has 0 saturated heterocycles. The number of carbonyl (C=O) groups excluding carboxylic acids is 5. The van der Waals surface area contributed by atoms with Crippen molar-refractivity contribution in [1.29, 1.82) is 0 Å². The molecule has 0 aromatic carbocycles. The van der Waals surface area contributed by atoms with Crippen molar-refractivity contribution in [2.45, 2.75) is 37.5 Å². The van der Waals surface area contributed by atoms with E-state index in [0.29, 0.717) is 0 Å². The lowest BCUT2D eigenvalue weighted by molar-refractivity contribution is -0.139. The van der Waals surface area contributed by atoms with Gasteiger partial charge in [-0.3, -0.25) is 28.8 Å². The number of carbonyl (C=O) groups is 6. The molecule has 15 nitrogen and oxygen atoms in total. The van der Waals surface area contributed by atoms with Gasteiger partial charge >= 0.3 is 5.97 Å². The summed E-state index contributed by atoms with van der Waals surface area (Å²) in [6, 6.07) is -5.68. The molecular weight excluding hydrogens is 408 g/mol. The van der Waals surface area contributed by atoms with E-state index in [1.807, 2.05) is 5.32 Å². The molecular formula is C15H26N6O9. The van der Waals surface area contributed by atoms with Crippen molar-refractivity contribution < 1.29 is 44.1 Å². The fraction of sp³-hybridized carbons (Fsp3) is 0.600. The summed E-state index contributed by atoms with van der Waals surface area (Å²) in [6.07, 6.45) is -0.688. The van der Waals surface area contributed by atoms with Crippen molar-refractivity contribution in [3.8, 4) is 0 Å². The number of nitrogens with one attached hydrogen (secondary N) is 4. The Bertz CT molecular complexity index is 669. The monoisotopic (exact) mass is 434 g/mol. The molecule has 0 aliphatic rings. The largest absolute Gasteiger partial charge is 0.480 e. The Labute approximate surface area is 170 Å². The number of aliphatic hydroxyl groups is 2. The zero-order valence-corrected chi connectivity index (χ0v) is 16.1. The van der Waals surface area contributed by atoms with Crippen LogP contribution in [0.4, 0.5) is 0 Å². The highest BCUT2D eigenvalue weighted by atomic mass is 16.4. The molecule has 0 radical (unpaired) electrons. The minimum Gasteiger partial charge on any atom is -0.480 e. The van der Waals surface area contributed by atoms with Crippen LogP contribution in [0.3, 0.4) is 0 Å². The molecule has 0 spiro atoms. The first kappa shape index (κ1) is 26.7. The lowest BCUT2D eigenvalue weighted by Crippen LogP contribution is -2.59. The zero-order valence-electron chi connectivity index (χ0n) is 16.1. The average molecular weight is 434 g/mol. The van der Waals surface area contributed by atoms with Crippen LogP contribution in [0.5, 0.6) is 0 Å². The third kappa shape index (κ3) is 9.76. The molecule has 0 aromatic heterocycles. The van der Waals surface area contributed by atoms with Gasteiger partial charge in [-0.15, -0.1) is 0 Å². The molecule has 5 amide bonds. The third-order valence-electron chi connectivity index (χ3n) is 3.50. The van der Waals surface area contributed by atoms with E-state index in [9.17, 15) is 39.0 Å². The standard InChI is InChI=1S/C15H26N6O9/c1-6(16)12(27)20-8(4-22)15(30)21-9(5-23)14(29)19-7(2-10(17)24)13(28)18-3-11(25)26/h6-9,22-23H,2-5,16H2,1H3,(H2,17,24)(H,18,28)(H,19,29)(H,20,27)(H,21,30)(H,25,26)/t6-,7-,8-,9-/m0/s1. The Morgan fingerprint density at radius 2 is 1.23 bits per heavy atom. The summed E-state index contributed by atoms with van der Waals surface area (Å²) in [7, 11) is 0.